The average molecular weight is 827 g/mol. The van der Waals surface area contributed by atoms with Crippen LogP contribution in [-0.4, -0.2) is 17.3 Å². The monoisotopic (exact) mass is 827 g/mol. The van der Waals surface area contributed by atoms with Crippen LogP contribution in [0.1, 0.15) is 150 Å². The lowest BCUT2D eigenvalue weighted by molar-refractivity contribution is 0.510. The largest absolute Gasteiger partial charge is 0.334 e. The molecular formula is C60H67BN2. The van der Waals surface area contributed by atoms with Gasteiger partial charge in [0, 0.05) is 44.2 Å². The topological polar surface area (TPSA) is 8.17 Å². The van der Waals surface area contributed by atoms with Gasteiger partial charge in [0.05, 0.1) is 12.1 Å². The van der Waals surface area contributed by atoms with Crippen LogP contribution in [0.15, 0.2) is 137 Å². The first kappa shape index (κ1) is 40.7. The first-order valence-electron chi connectivity index (χ1n) is 24.1. The minimum absolute atomic E-state index is 0.0124. The van der Waals surface area contributed by atoms with Gasteiger partial charge in [-0.05, 0) is 122 Å². The fraction of sp³-hybridized carbons (Fsp3) is 0.400. The van der Waals surface area contributed by atoms with E-state index in [0.717, 1.165) is 25.7 Å². The number of fused-ring (bicyclic) bond motifs is 10. The number of nitrogens with zero attached hydrogens (tertiary/aromatic N) is 2. The zero-order valence-electron chi connectivity index (χ0n) is 40.3. The van der Waals surface area contributed by atoms with Gasteiger partial charge >= 0.3 is 0 Å². The second-order valence-corrected chi connectivity index (χ2v) is 24.1. The number of hydrogen-bond donors (Lipinski definition) is 0. The lowest BCUT2D eigenvalue weighted by Crippen LogP contribution is -2.58. The molecule has 3 aliphatic carbocycles. The summed E-state index contributed by atoms with van der Waals surface area (Å²) in [5.41, 5.74) is 23.2. The normalized spacial score (nSPS) is 21.5. The molecule has 4 aromatic carbocycles. The lowest BCUT2D eigenvalue weighted by atomic mass is 9.31. The summed E-state index contributed by atoms with van der Waals surface area (Å²) in [6.45, 7) is 31.6. The van der Waals surface area contributed by atoms with E-state index in [-0.39, 0.29) is 45.9 Å². The SMILES string of the molecule is CC(C)(C)C1=CCC2C(=C1)c1cc(C(C)(C)C)cc3c1N2C1=C2B3c3ccc(C(C)(C)C)c4c5c(C(C)(C)C)cccc5n(c34)C2CC=C1C(C)(C1=CC=CCC1)c1ccccc1. The molecule has 3 unspecified atom stereocenters. The number of anilines is 1. The van der Waals surface area contributed by atoms with Gasteiger partial charge in [-0.1, -0.05) is 186 Å². The predicted octanol–water partition coefficient (Wildman–Crippen LogP) is 14.2. The molecule has 3 heteroatoms. The Morgan fingerprint density at radius 2 is 1.35 bits per heavy atom. The summed E-state index contributed by atoms with van der Waals surface area (Å²) >= 11 is 0. The summed E-state index contributed by atoms with van der Waals surface area (Å²) in [7, 11) is 0. The number of benzene rings is 4. The van der Waals surface area contributed by atoms with Crippen molar-refractivity contribution in [3.05, 3.63) is 165 Å². The molecule has 5 aromatic rings. The molecule has 0 N–H and O–H groups in total. The molecule has 2 nitrogen and oxygen atoms in total. The smallest absolute Gasteiger partial charge is 0.247 e. The van der Waals surface area contributed by atoms with E-state index in [2.05, 4.69) is 209 Å². The first-order chi connectivity index (χ1) is 29.7. The maximum atomic E-state index is 2.92. The van der Waals surface area contributed by atoms with Crippen molar-refractivity contribution in [3.63, 3.8) is 0 Å². The Labute approximate surface area is 378 Å². The molecule has 4 heterocycles. The van der Waals surface area contributed by atoms with E-state index in [4.69, 9.17) is 0 Å². The fourth-order valence-electron chi connectivity index (χ4n) is 12.8. The Morgan fingerprint density at radius 3 is 2.02 bits per heavy atom. The predicted molar refractivity (Wildman–Crippen MR) is 272 cm³/mol. The molecular weight excluding hydrogens is 759 g/mol. The van der Waals surface area contributed by atoms with E-state index >= 15 is 0 Å². The quantitative estimate of drug-likeness (QED) is 0.165. The molecule has 1 aromatic heterocycles. The number of hydrogen-bond acceptors (Lipinski definition) is 1. The van der Waals surface area contributed by atoms with Crippen LogP contribution in [0, 0.1) is 5.41 Å². The molecule has 3 atom stereocenters. The molecule has 11 rings (SSSR count). The van der Waals surface area contributed by atoms with Crippen LogP contribution in [-0.2, 0) is 21.7 Å². The molecule has 0 radical (unpaired) electrons. The van der Waals surface area contributed by atoms with E-state index in [1.165, 1.54) is 94.2 Å². The Balaban J connectivity index is 1.32. The van der Waals surface area contributed by atoms with Crippen LogP contribution in [0.5, 0.6) is 0 Å². The van der Waals surface area contributed by atoms with Crippen molar-refractivity contribution >= 4 is 50.7 Å². The van der Waals surface area contributed by atoms with Crippen molar-refractivity contribution in [2.45, 2.75) is 149 Å². The van der Waals surface area contributed by atoms with Crippen molar-refractivity contribution < 1.29 is 0 Å². The van der Waals surface area contributed by atoms with Gasteiger partial charge in [0.25, 0.3) is 0 Å². The fourth-order valence-corrected chi connectivity index (χ4v) is 12.8. The molecule has 0 bridgehead atoms. The van der Waals surface area contributed by atoms with E-state index < -0.39 is 0 Å². The van der Waals surface area contributed by atoms with Crippen LogP contribution in [0.2, 0.25) is 0 Å². The minimum Gasteiger partial charge on any atom is -0.334 e. The molecule has 3 aliphatic heterocycles. The van der Waals surface area contributed by atoms with Crippen LogP contribution >= 0.6 is 0 Å². The molecule has 0 fully saturated rings. The maximum Gasteiger partial charge on any atom is 0.247 e. The van der Waals surface area contributed by atoms with Gasteiger partial charge < -0.3 is 9.47 Å². The molecule has 63 heavy (non-hydrogen) atoms. The van der Waals surface area contributed by atoms with Crippen LogP contribution in [0.3, 0.4) is 0 Å². The third-order valence-corrected chi connectivity index (χ3v) is 16.0. The maximum absolute atomic E-state index is 2.92. The molecule has 0 saturated heterocycles. The zero-order chi connectivity index (χ0) is 44.3. The summed E-state index contributed by atoms with van der Waals surface area (Å²) in [6, 6.07) is 29.5. The van der Waals surface area contributed by atoms with E-state index in [1.807, 2.05) is 0 Å². The van der Waals surface area contributed by atoms with Crippen LogP contribution in [0.4, 0.5) is 5.69 Å². The lowest BCUT2D eigenvalue weighted by Gasteiger charge is -2.51. The summed E-state index contributed by atoms with van der Waals surface area (Å²) in [5, 5.41) is 2.94. The molecule has 6 aliphatic rings. The number of allylic oxidation sites excluding steroid dienone is 9. The van der Waals surface area contributed by atoms with Gasteiger partial charge in [-0.2, -0.15) is 0 Å². The Bertz CT molecular complexity index is 3000. The average Bonchev–Trinajstić information content (AvgIpc) is 3.76. The van der Waals surface area contributed by atoms with Crippen molar-refractivity contribution in [1.29, 1.82) is 0 Å². The second-order valence-electron chi connectivity index (χ2n) is 24.1. The van der Waals surface area contributed by atoms with Gasteiger partial charge in [-0.15, -0.1) is 0 Å². The number of aromatic nitrogens is 1. The highest BCUT2D eigenvalue weighted by Gasteiger charge is 2.55. The standard InChI is InChI=1S/C60H67BN2/c1-56(2,3)38-27-31-47-40(33-38)41-34-39(57(4,5)6)35-46-53(41)63(47)54-44(60(13,36-21-16-14-17-22-36)37-23-18-15-19-24-37)29-32-49-52(54)61(46)45-30-28-43(59(10,11)12)51-50-42(58(7,8)9)25-20-26-48(50)62(49)55(45)51/h14-18,20-23,25-30,33-35,47,49H,19,24,31-32H2,1-13H3. The zero-order valence-corrected chi connectivity index (χ0v) is 40.3. The van der Waals surface area contributed by atoms with Crippen molar-refractivity contribution in [1.82, 2.24) is 4.57 Å². The highest BCUT2D eigenvalue weighted by atomic mass is 15.2. The van der Waals surface area contributed by atoms with Gasteiger partial charge in [0.2, 0.25) is 6.71 Å². The Kier molecular flexibility index (Phi) is 8.59. The summed E-state index contributed by atoms with van der Waals surface area (Å²) < 4.78 is 2.86. The highest BCUT2D eigenvalue weighted by molar-refractivity contribution is 6.94. The Morgan fingerprint density at radius 1 is 0.635 bits per heavy atom. The van der Waals surface area contributed by atoms with Gasteiger partial charge in [-0.25, -0.2) is 0 Å². The highest BCUT2D eigenvalue weighted by Crippen LogP contribution is 2.59. The van der Waals surface area contributed by atoms with Crippen molar-refractivity contribution in [2.75, 3.05) is 4.90 Å². The Hall–Kier alpha value is -5.02. The summed E-state index contributed by atoms with van der Waals surface area (Å²) in [4.78, 5) is 2.92. The molecule has 0 spiro atoms. The molecule has 320 valence electrons. The van der Waals surface area contributed by atoms with E-state index in [1.54, 1.807) is 5.47 Å². The summed E-state index contributed by atoms with van der Waals surface area (Å²) in [5.74, 6) is 0. The first-order valence-corrected chi connectivity index (χ1v) is 24.1. The second kappa shape index (κ2) is 13.3. The minimum atomic E-state index is -0.315. The van der Waals surface area contributed by atoms with Gasteiger partial charge in [-0.3, -0.25) is 0 Å². The van der Waals surface area contributed by atoms with E-state index in [0.29, 0.717) is 0 Å². The van der Waals surface area contributed by atoms with Crippen LogP contribution < -0.4 is 15.8 Å². The summed E-state index contributed by atoms with van der Waals surface area (Å²) in [6.07, 6.45) is 19.2. The third-order valence-electron chi connectivity index (χ3n) is 16.0. The van der Waals surface area contributed by atoms with Gasteiger partial charge in [0.1, 0.15) is 0 Å². The molecule has 0 amide bonds. The van der Waals surface area contributed by atoms with Gasteiger partial charge in [0.15, 0.2) is 0 Å². The van der Waals surface area contributed by atoms with Crippen molar-refractivity contribution in [2.24, 2.45) is 5.41 Å². The number of rotatable bonds is 3. The molecule has 0 saturated carbocycles. The van der Waals surface area contributed by atoms with E-state index in [9.17, 15) is 0 Å². The third kappa shape index (κ3) is 5.69. The van der Waals surface area contributed by atoms with Crippen LogP contribution in [0.25, 0.3) is 27.4 Å². The van der Waals surface area contributed by atoms with Crippen molar-refractivity contribution in [3.8, 4) is 0 Å².